The molecular weight excluding hydrogens is 204 g/mol. The number of anilines is 2. The van der Waals surface area contributed by atoms with E-state index in [1.807, 2.05) is 32.1 Å². The molecule has 0 bridgehead atoms. The zero-order valence-corrected chi connectivity index (χ0v) is 10.1. The number of nitrogens with zero attached hydrogens (tertiary/aromatic N) is 4. The van der Waals surface area contributed by atoms with Crippen LogP contribution in [0.4, 0.5) is 11.8 Å². The van der Waals surface area contributed by atoms with Gasteiger partial charge in [-0.3, -0.25) is 0 Å². The quantitative estimate of drug-likeness (QED) is 0.755. The van der Waals surface area contributed by atoms with Crippen molar-refractivity contribution in [1.29, 1.82) is 0 Å². The van der Waals surface area contributed by atoms with Crippen molar-refractivity contribution >= 4 is 11.8 Å². The highest BCUT2D eigenvalue weighted by atomic mass is 16.5. The third-order valence-electron chi connectivity index (χ3n) is 2.86. The molecule has 1 fully saturated rings. The van der Waals surface area contributed by atoms with Gasteiger partial charge < -0.3 is 14.5 Å². The largest absolute Gasteiger partial charge is 0.379 e. The van der Waals surface area contributed by atoms with Gasteiger partial charge in [0.2, 0.25) is 5.95 Å². The van der Waals surface area contributed by atoms with Gasteiger partial charge in [-0.25, -0.2) is 4.98 Å². The van der Waals surface area contributed by atoms with Gasteiger partial charge in [0.05, 0.1) is 12.6 Å². The third-order valence-corrected chi connectivity index (χ3v) is 2.86. The molecule has 1 aliphatic heterocycles. The summed E-state index contributed by atoms with van der Waals surface area (Å²) in [6.07, 6.45) is 2.84. The minimum atomic E-state index is 0.400. The van der Waals surface area contributed by atoms with E-state index in [0.717, 1.165) is 31.4 Å². The van der Waals surface area contributed by atoms with E-state index < -0.39 is 0 Å². The number of rotatable bonds is 3. The minimum Gasteiger partial charge on any atom is -0.379 e. The molecular formula is C11H18N4O. The van der Waals surface area contributed by atoms with Gasteiger partial charge in [0, 0.05) is 33.9 Å². The van der Waals surface area contributed by atoms with Crippen LogP contribution in [0.5, 0.6) is 0 Å². The highest BCUT2D eigenvalue weighted by Gasteiger charge is 2.22. The highest BCUT2D eigenvalue weighted by molar-refractivity contribution is 5.42. The predicted octanol–water partition coefficient (Wildman–Crippen LogP) is 0.768. The Morgan fingerprint density at radius 3 is 2.81 bits per heavy atom. The average molecular weight is 222 g/mol. The van der Waals surface area contributed by atoms with Crippen LogP contribution in [0.2, 0.25) is 0 Å². The first-order valence-electron chi connectivity index (χ1n) is 5.49. The van der Waals surface area contributed by atoms with Crippen LogP contribution in [0, 0.1) is 0 Å². The van der Waals surface area contributed by atoms with E-state index >= 15 is 0 Å². The molecule has 1 aliphatic rings. The first-order chi connectivity index (χ1) is 7.68. The van der Waals surface area contributed by atoms with Crippen molar-refractivity contribution in [3.05, 3.63) is 12.3 Å². The molecule has 1 aromatic heterocycles. The predicted molar refractivity (Wildman–Crippen MR) is 64.0 cm³/mol. The van der Waals surface area contributed by atoms with E-state index in [1.165, 1.54) is 0 Å². The van der Waals surface area contributed by atoms with Crippen molar-refractivity contribution in [2.45, 2.75) is 12.5 Å². The Bertz CT molecular complexity index is 350. The Balaban J connectivity index is 2.15. The van der Waals surface area contributed by atoms with Gasteiger partial charge in [0.25, 0.3) is 0 Å². The van der Waals surface area contributed by atoms with Crippen molar-refractivity contribution in [1.82, 2.24) is 9.97 Å². The molecule has 0 aliphatic carbocycles. The molecule has 88 valence electrons. The minimum absolute atomic E-state index is 0.400. The first-order valence-corrected chi connectivity index (χ1v) is 5.49. The number of aromatic nitrogens is 2. The van der Waals surface area contributed by atoms with Crippen molar-refractivity contribution in [2.75, 3.05) is 44.2 Å². The molecule has 0 spiro atoms. The van der Waals surface area contributed by atoms with Crippen LogP contribution in [-0.2, 0) is 4.74 Å². The van der Waals surface area contributed by atoms with E-state index in [4.69, 9.17) is 4.74 Å². The molecule has 0 saturated carbocycles. The monoisotopic (exact) mass is 222 g/mol. The summed E-state index contributed by atoms with van der Waals surface area (Å²) in [5.41, 5.74) is 0. The summed E-state index contributed by atoms with van der Waals surface area (Å²) in [5, 5.41) is 0. The van der Waals surface area contributed by atoms with Gasteiger partial charge in [0.1, 0.15) is 5.82 Å². The fourth-order valence-corrected chi connectivity index (χ4v) is 1.75. The molecule has 1 saturated heterocycles. The van der Waals surface area contributed by atoms with E-state index in [1.54, 1.807) is 6.20 Å². The normalized spacial score (nSPS) is 19.8. The Morgan fingerprint density at radius 1 is 1.38 bits per heavy atom. The van der Waals surface area contributed by atoms with Gasteiger partial charge in [-0.1, -0.05) is 0 Å². The fourth-order valence-electron chi connectivity index (χ4n) is 1.75. The van der Waals surface area contributed by atoms with Gasteiger partial charge in [0.15, 0.2) is 0 Å². The van der Waals surface area contributed by atoms with Gasteiger partial charge >= 0.3 is 0 Å². The molecule has 0 radical (unpaired) electrons. The summed E-state index contributed by atoms with van der Waals surface area (Å²) >= 11 is 0. The highest BCUT2D eigenvalue weighted by Crippen LogP contribution is 2.18. The second-order valence-corrected chi connectivity index (χ2v) is 4.24. The molecule has 0 aromatic carbocycles. The summed E-state index contributed by atoms with van der Waals surface area (Å²) in [7, 11) is 5.98. The summed E-state index contributed by atoms with van der Waals surface area (Å²) in [5.74, 6) is 1.69. The Hall–Kier alpha value is -1.36. The van der Waals surface area contributed by atoms with Crippen LogP contribution in [-0.4, -0.2) is 50.4 Å². The smallest absolute Gasteiger partial charge is 0.227 e. The van der Waals surface area contributed by atoms with E-state index in [9.17, 15) is 0 Å². The van der Waals surface area contributed by atoms with Crippen molar-refractivity contribution in [3.63, 3.8) is 0 Å². The topological polar surface area (TPSA) is 41.5 Å². The number of hydrogen-bond donors (Lipinski definition) is 0. The molecule has 2 rings (SSSR count). The number of hydrogen-bond acceptors (Lipinski definition) is 5. The molecule has 5 nitrogen and oxygen atoms in total. The Labute approximate surface area is 96.1 Å². The van der Waals surface area contributed by atoms with Crippen LogP contribution < -0.4 is 9.80 Å². The van der Waals surface area contributed by atoms with Crippen molar-refractivity contribution in [3.8, 4) is 0 Å². The van der Waals surface area contributed by atoms with Crippen molar-refractivity contribution in [2.24, 2.45) is 0 Å². The maximum Gasteiger partial charge on any atom is 0.227 e. The second kappa shape index (κ2) is 4.65. The fraction of sp³-hybridized carbons (Fsp3) is 0.636. The Morgan fingerprint density at radius 2 is 2.19 bits per heavy atom. The molecule has 0 N–H and O–H groups in total. The third kappa shape index (κ3) is 2.24. The maximum absolute atomic E-state index is 5.37. The molecule has 1 aromatic rings. The van der Waals surface area contributed by atoms with Crippen molar-refractivity contribution < 1.29 is 4.74 Å². The SMILES string of the molecule is CN(C)c1ccnc(N(C)C2CCOC2)n1. The number of ether oxygens (including phenoxy) is 1. The zero-order valence-electron chi connectivity index (χ0n) is 10.1. The first kappa shape index (κ1) is 11.1. The molecule has 0 amide bonds. The lowest BCUT2D eigenvalue weighted by molar-refractivity contribution is 0.193. The van der Waals surface area contributed by atoms with Gasteiger partial charge in [-0.2, -0.15) is 4.98 Å². The maximum atomic E-state index is 5.37. The molecule has 1 atom stereocenters. The summed E-state index contributed by atoms with van der Waals surface area (Å²) in [4.78, 5) is 12.9. The molecule has 2 heterocycles. The standard InChI is InChI=1S/C11H18N4O/c1-14(2)10-4-6-12-11(13-10)15(3)9-5-7-16-8-9/h4,6,9H,5,7-8H2,1-3H3. The van der Waals surface area contributed by atoms with Crippen LogP contribution in [0.3, 0.4) is 0 Å². The average Bonchev–Trinajstić information content (AvgIpc) is 2.81. The zero-order chi connectivity index (χ0) is 11.5. The molecule has 1 unspecified atom stereocenters. The lowest BCUT2D eigenvalue weighted by Crippen LogP contribution is -2.33. The lowest BCUT2D eigenvalue weighted by Gasteiger charge is -2.24. The van der Waals surface area contributed by atoms with Crippen LogP contribution in [0.1, 0.15) is 6.42 Å². The van der Waals surface area contributed by atoms with Crippen LogP contribution in [0.15, 0.2) is 12.3 Å². The Kier molecular flexibility index (Phi) is 3.24. The van der Waals surface area contributed by atoms with Gasteiger partial charge in [-0.15, -0.1) is 0 Å². The van der Waals surface area contributed by atoms with Crippen LogP contribution in [0.25, 0.3) is 0 Å². The summed E-state index contributed by atoms with van der Waals surface area (Å²) < 4.78 is 5.37. The lowest BCUT2D eigenvalue weighted by atomic mass is 10.2. The second-order valence-electron chi connectivity index (χ2n) is 4.24. The number of likely N-dealkylation sites (N-methyl/N-ethyl adjacent to an activating group) is 1. The summed E-state index contributed by atoms with van der Waals surface area (Å²) in [6.45, 7) is 1.61. The van der Waals surface area contributed by atoms with E-state index in [0.29, 0.717) is 6.04 Å². The molecule has 5 heteroatoms. The van der Waals surface area contributed by atoms with Gasteiger partial charge in [-0.05, 0) is 12.5 Å². The summed E-state index contributed by atoms with van der Waals surface area (Å²) in [6, 6.07) is 2.31. The van der Waals surface area contributed by atoms with E-state index in [-0.39, 0.29) is 0 Å². The van der Waals surface area contributed by atoms with Crippen LogP contribution >= 0.6 is 0 Å². The van der Waals surface area contributed by atoms with E-state index in [2.05, 4.69) is 14.9 Å². The molecule has 16 heavy (non-hydrogen) atoms.